The Morgan fingerprint density at radius 2 is 2.03 bits per heavy atom. The van der Waals surface area contributed by atoms with E-state index >= 15 is 0 Å². The lowest BCUT2D eigenvalue weighted by atomic mass is 10.00. The van der Waals surface area contributed by atoms with Crippen molar-refractivity contribution in [2.24, 2.45) is 0 Å². The predicted molar refractivity (Wildman–Crippen MR) is 116 cm³/mol. The number of aryl methyl sites for hydroxylation is 1. The highest BCUT2D eigenvalue weighted by Crippen LogP contribution is 2.37. The lowest BCUT2D eigenvalue weighted by molar-refractivity contribution is 0.256. The molecule has 0 amide bonds. The molecular weight excluding hydrogens is 409 g/mol. The maximum absolute atomic E-state index is 14.0. The van der Waals surface area contributed by atoms with E-state index in [9.17, 15) is 4.39 Å². The number of halogens is 1. The average molecular weight is 425 g/mol. The van der Waals surface area contributed by atoms with Crippen LogP contribution >= 0.6 is 0 Å². The highest BCUT2D eigenvalue weighted by molar-refractivity contribution is 5.81. The number of imidazole rings is 2. The fourth-order valence-electron chi connectivity index (χ4n) is 4.32. The summed E-state index contributed by atoms with van der Waals surface area (Å²) < 4.78 is 23.6. The maximum Gasteiger partial charge on any atom is 0.237 e. The topological polar surface area (TPSA) is 75.0 Å². The fourth-order valence-corrected chi connectivity index (χ4v) is 4.32. The Hall–Kier alpha value is -4.32. The number of ether oxygens (including phenoxy) is 1. The molecule has 156 valence electrons. The van der Waals surface area contributed by atoms with E-state index in [1.54, 1.807) is 41.4 Å². The van der Waals surface area contributed by atoms with Crippen LogP contribution < -0.4 is 4.74 Å². The maximum atomic E-state index is 14.0. The van der Waals surface area contributed by atoms with Crippen LogP contribution in [0.15, 0.2) is 48.9 Å². The Kier molecular flexibility index (Phi) is 3.95. The number of rotatable bonds is 2. The number of fused-ring (bicyclic) bond motifs is 3. The Morgan fingerprint density at radius 3 is 2.91 bits per heavy atom. The quantitative estimate of drug-likeness (QED) is 0.388. The molecule has 4 heterocycles. The summed E-state index contributed by atoms with van der Waals surface area (Å²) in [6.45, 7) is 9.72. The van der Waals surface area contributed by atoms with Gasteiger partial charge in [0.2, 0.25) is 5.95 Å². The molecule has 5 aromatic rings. The molecule has 9 heteroatoms. The first-order valence-corrected chi connectivity index (χ1v) is 10.1. The molecule has 1 unspecified atom stereocenters. The van der Waals surface area contributed by atoms with Crippen LogP contribution in [0.5, 0.6) is 5.75 Å². The third-order valence-corrected chi connectivity index (χ3v) is 5.76. The van der Waals surface area contributed by atoms with Gasteiger partial charge in [-0.15, -0.1) is 0 Å². The molecule has 1 atom stereocenters. The Balaban J connectivity index is 1.55. The van der Waals surface area contributed by atoms with E-state index in [2.05, 4.69) is 19.8 Å². The molecule has 0 aliphatic carbocycles. The number of hydrogen-bond donors (Lipinski definition) is 0. The lowest BCUT2D eigenvalue weighted by Crippen LogP contribution is -2.21. The van der Waals surface area contributed by atoms with Gasteiger partial charge in [0.05, 0.1) is 36.5 Å². The van der Waals surface area contributed by atoms with Crippen LogP contribution in [0, 0.1) is 19.3 Å². The van der Waals surface area contributed by atoms with Crippen molar-refractivity contribution in [3.8, 4) is 11.7 Å². The zero-order valence-electron chi connectivity index (χ0n) is 17.0. The number of nitrogens with zero attached hydrogens (tertiary/aromatic N) is 7. The van der Waals surface area contributed by atoms with E-state index in [-0.39, 0.29) is 11.9 Å². The third kappa shape index (κ3) is 2.73. The smallest absolute Gasteiger partial charge is 0.237 e. The molecule has 2 aromatic carbocycles. The average Bonchev–Trinajstić information content (AvgIpc) is 3.37. The standard InChI is InChI=1S/C23H16FN7O/c1-13-28-18-11-26-23(30-12-27-17-5-4-15(25-2)10-20(17)30)29-22(18)31(13)19-7-8-32-21-6-3-14(24)9-16(19)21/h3-6,9-12,19H,7-8H2,1H3. The van der Waals surface area contributed by atoms with Crippen LogP contribution in [0.3, 0.4) is 0 Å². The normalized spacial score (nSPS) is 15.5. The molecule has 0 fully saturated rings. The van der Waals surface area contributed by atoms with Gasteiger partial charge < -0.3 is 9.30 Å². The first kappa shape index (κ1) is 18.4. The first-order chi connectivity index (χ1) is 15.6. The van der Waals surface area contributed by atoms with Crippen molar-refractivity contribution in [3.05, 3.63) is 77.5 Å². The van der Waals surface area contributed by atoms with Crippen molar-refractivity contribution in [3.63, 3.8) is 0 Å². The minimum Gasteiger partial charge on any atom is -0.493 e. The van der Waals surface area contributed by atoms with Crippen LogP contribution in [0.4, 0.5) is 10.1 Å². The van der Waals surface area contributed by atoms with Gasteiger partial charge in [0, 0.05) is 12.0 Å². The van der Waals surface area contributed by atoms with Gasteiger partial charge in [-0.25, -0.2) is 24.2 Å². The molecule has 0 saturated heterocycles. The second kappa shape index (κ2) is 6.85. The Labute approximate surface area is 181 Å². The first-order valence-electron chi connectivity index (χ1n) is 10.1. The van der Waals surface area contributed by atoms with Crippen LogP contribution in [0.2, 0.25) is 0 Å². The molecule has 32 heavy (non-hydrogen) atoms. The molecule has 1 aliphatic rings. The van der Waals surface area contributed by atoms with Gasteiger partial charge in [0.25, 0.3) is 0 Å². The van der Waals surface area contributed by atoms with E-state index in [4.69, 9.17) is 16.3 Å². The van der Waals surface area contributed by atoms with Gasteiger partial charge >= 0.3 is 0 Å². The summed E-state index contributed by atoms with van der Waals surface area (Å²) in [5.41, 5.74) is 4.09. The molecule has 8 nitrogen and oxygen atoms in total. The van der Waals surface area contributed by atoms with Crippen LogP contribution in [-0.2, 0) is 0 Å². The molecule has 0 spiro atoms. The summed E-state index contributed by atoms with van der Waals surface area (Å²) >= 11 is 0. The van der Waals surface area contributed by atoms with Crippen molar-refractivity contribution < 1.29 is 9.13 Å². The second-order valence-electron chi connectivity index (χ2n) is 7.64. The molecule has 0 radical (unpaired) electrons. The van der Waals surface area contributed by atoms with E-state index in [1.165, 1.54) is 12.1 Å². The zero-order valence-corrected chi connectivity index (χ0v) is 17.0. The summed E-state index contributed by atoms with van der Waals surface area (Å²) in [4.78, 5) is 21.8. The summed E-state index contributed by atoms with van der Waals surface area (Å²) in [5, 5.41) is 0. The summed E-state index contributed by atoms with van der Waals surface area (Å²) in [5.74, 6) is 1.55. The molecule has 0 saturated carbocycles. The van der Waals surface area contributed by atoms with Crippen molar-refractivity contribution in [2.45, 2.75) is 19.4 Å². The monoisotopic (exact) mass is 425 g/mol. The van der Waals surface area contributed by atoms with Gasteiger partial charge in [-0.1, -0.05) is 6.07 Å². The van der Waals surface area contributed by atoms with Gasteiger partial charge in [-0.3, -0.25) is 4.57 Å². The summed E-state index contributed by atoms with van der Waals surface area (Å²) in [6.07, 6.45) is 3.99. The predicted octanol–water partition coefficient (Wildman–Crippen LogP) is 4.54. The molecule has 3 aromatic heterocycles. The number of benzene rings is 2. The second-order valence-corrected chi connectivity index (χ2v) is 7.64. The summed E-state index contributed by atoms with van der Waals surface area (Å²) in [6, 6.07) is 9.73. The highest BCUT2D eigenvalue weighted by atomic mass is 19.1. The molecule has 6 rings (SSSR count). The van der Waals surface area contributed by atoms with Crippen molar-refractivity contribution >= 4 is 27.9 Å². The minimum absolute atomic E-state index is 0.157. The lowest BCUT2D eigenvalue weighted by Gasteiger charge is -2.28. The van der Waals surface area contributed by atoms with Crippen molar-refractivity contribution in [2.75, 3.05) is 6.61 Å². The van der Waals surface area contributed by atoms with Crippen LogP contribution in [0.25, 0.3) is 33.0 Å². The highest BCUT2D eigenvalue weighted by Gasteiger charge is 2.27. The van der Waals surface area contributed by atoms with Gasteiger partial charge in [-0.05, 0) is 37.3 Å². The largest absolute Gasteiger partial charge is 0.493 e. The van der Waals surface area contributed by atoms with E-state index < -0.39 is 0 Å². The van der Waals surface area contributed by atoms with Crippen molar-refractivity contribution in [1.82, 2.24) is 29.1 Å². The van der Waals surface area contributed by atoms with Crippen LogP contribution in [0.1, 0.15) is 23.9 Å². The van der Waals surface area contributed by atoms with E-state index in [1.807, 2.05) is 11.5 Å². The molecule has 1 aliphatic heterocycles. The van der Waals surface area contributed by atoms with E-state index in [0.717, 1.165) is 22.4 Å². The third-order valence-electron chi connectivity index (χ3n) is 5.76. The van der Waals surface area contributed by atoms with E-state index in [0.29, 0.717) is 41.6 Å². The fraction of sp³-hybridized carbons (Fsp3) is 0.174. The Morgan fingerprint density at radius 1 is 1.12 bits per heavy atom. The number of aromatic nitrogens is 6. The zero-order chi connectivity index (χ0) is 21.8. The molecule has 0 bridgehead atoms. The molecular formula is C23H16FN7O. The number of hydrogen-bond acceptors (Lipinski definition) is 5. The summed E-state index contributed by atoms with van der Waals surface area (Å²) in [7, 11) is 0. The SMILES string of the molecule is [C-]#[N+]c1ccc2ncn(-c3ncc4nc(C)n(C5CCOc6ccc(F)cc65)c4n3)c2c1. The van der Waals surface area contributed by atoms with Gasteiger partial charge in [0.1, 0.15) is 29.2 Å². The molecule has 0 N–H and O–H groups in total. The van der Waals surface area contributed by atoms with Gasteiger partial charge in [-0.2, -0.15) is 4.98 Å². The van der Waals surface area contributed by atoms with Crippen molar-refractivity contribution in [1.29, 1.82) is 0 Å². The van der Waals surface area contributed by atoms with Gasteiger partial charge in [0.15, 0.2) is 11.3 Å². The Bertz CT molecular complexity index is 1560. The minimum atomic E-state index is -0.308. The van der Waals surface area contributed by atoms with Crippen LogP contribution in [-0.4, -0.2) is 35.7 Å².